The summed E-state index contributed by atoms with van der Waals surface area (Å²) in [6.45, 7) is 0.535. The second-order valence-corrected chi connectivity index (χ2v) is 4.57. The van der Waals surface area contributed by atoms with E-state index in [4.69, 9.17) is 15.2 Å². The van der Waals surface area contributed by atoms with E-state index in [1.165, 1.54) is 7.11 Å². The Bertz CT molecular complexity index is 682. The number of rotatable bonds is 7. The smallest absolute Gasteiger partial charge is 0.337 e. The standard InChI is InChI=1S/C17H17NO5/c1-21-17(20)12-6-8-13(9-7-12)22-10-11-23-15-5-3-2-4-14(15)16(18)19/h2-9H,10-11H2,1H3,(H2,18,19). The number of carbonyl (C=O) groups is 2. The average molecular weight is 315 g/mol. The van der Waals surface area contributed by atoms with Gasteiger partial charge in [0.25, 0.3) is 5.91 Å². The van der Waals surface area contributed by atoms with Gasteiger partial charge in [-0.25, -0.2) is 4.79 Å². The van der Waals surface area contributed by atoms with Gasteiger partial charge in [-0.3, -0.25) is 4.79 Å². The van der Waals surface area contributed by atoms with Crippen LogP contribution in [-0.4, -0.2) is 32.2 Å². The lowest BCUT2D eigenvalue weighted by molar-refractivity contribution is 0.0600. The number of para-hydroxylation sites is 1. The molecule has 0 spiro atoms. The Morgan fingerprint density at radius 3 is 2.26 bits per heavy atom. The van der Waals surface area contributed by atoms with Crippen LogP contribution < -0.4 is 15.2 Å². The predicted octanol–water partition coefficient (Wildman–Crippen LogP) is 2.03. The SMILES string of the molecule is COC(=O)c1ccc(OCCOc2ccccc2C(N)=O)cc1. The fourth-order valence-electron chi connectivity index (χ4n) is 1.91. The summed E-state index contributed by atoms with van der Waals surface area (Å²) in [6, 6.07) is 13.3. The molecule has 0 bridgehead atoms. The van der Waals surface area contributed by atoms with Gasteiger partial charge in [0.1, 0.15) is 24.7 Å². The Hall–Kier alpha value is -3.02. The first-order valence-electron chi connectivity index (χ1n) is 6.94. The van der Waals surface area contributed by atoms with Crippen molar-refractivity contribution in [2.24, 2.45) is 5.73 Å². The van der Waals surface area contributed by atoms with Crippen molar-refractivity contribution in [3.05, 3.63) is 59.7 Å². The highest BCUT2D eigenvalue weighted by molar-refractivity contribution is 5.95. The normalized spacial score (nSPS) is 9.96. The van der Waals surface area contributed by atoms with Gasteiger partial charge in [0.05, 0.1) is 18.2 Å². The number of benzene rings is 2. The zero-order valence-corrected chi connectivity index (χ0v) is 12.7. The van der Waals surface area contributed by atoms with E-state index in [1.54, 1.807) is 48.5 Å². The molecule has 0 unspecified atom stereocenters. The largest absolute Gasteiger partial charge is 0.490 e. The van der Waals surface area contributed by atoms with Gasteiger partial charge in [-0.1, -0.05) is 12.1 Å². The maximum absolute atomic E-state index is 11.3. The number of amides is 1. The van der Waals surface area contributed by atoms with Gasteiger partial charge in [0.15, 0.2) is 0 Å². The van der Waals surface area contributed by atoms with Crippen molar-refractivity contribution < 1.29 is 23.8 Å². The summed E-state index contributed by atoms with van der Waals surface area (Å²) < 4.78 is 15.6. The lowest BCUT2D eigenvalue weighted by atomic mass is 10.2. The van der Waals surface area contributed by atoms with Crippen LogP contribution in [0.1, 0.15) is 20.7 Å². The summed E-state index contributed by atoms with van der Waals surface area (Å²) in [5, 5.41) is 0. The lowest BCUT2D eigenvalue weighted by Crippen LogP contribution is -2.15. The Kier molecular flexibility index (Phi) is 5.57. The summed E-state index contributed by atoms with van der Waals surface area (Å²) in [5.41, 5.74) is 6.05. The molecule has 0 atom stereocenters. The van der Waals surface area contributed by atoms with Gasteiger partial charge in [0, 0.05) is 0 Å². The van der Waals surface area contributed by atoms with Crippen LogP contribution in [0.25, 0.3) is 0 Å². The number of esters is 1. The van der Waals surface area contributed by atoms with E-state index in [1.807, 2.05) is 0 Å². The van der Waals surface area contributed by atoms with Crippen molar-refractivity contribution in [1.29, 1.82) is 0 Å². The Labute approximate surface area is 133 Å². The molecule has 2 aromatic carbocycles. The molecule has 1 amide bonds. The monoisotopic (exact) mass is 315 g/mol. The minimum absolute atomic E-state index is 0.253. The first kappa shape index (κ1) is 16.4. The van der Waals surface area contributed by atoms with Gasteiger partial charge in [0.2, 0.25) is 0 Å². The summed E-state index contributed by atoms with van der Waals surface area (Å²) in [4.78, 5) is 22.6. The maximum atomic E-state index is 11.3. The summed E-state index contributed by atoms with van der Waals surface area (Å²) in [5.74, 6) is 0.0805. The van der Waals surface area contributed by atoms with Gasteiger partial charge < -0.3 is 19.9 Å². The van der Waals surface area contributed by atoms with Crippen molar-refractivity contribution in [2.75, 3.05) is 20.3 Å². The van der Waals surface area contributed by atoms with Crippen LogP contribution in [0, 0.1) is 0 Å². The molecule has 0 saturated carbocycles. The molecule has 0 radical (unpaired) electrons. The van der Waals surface area contributed by atoms with Gasteiger partial charge in [-0.2, -0.15) is 0 Å². The zero-order chi connectivity index (χ0) is 16.7. The minimum Gasteiger partial charge on any atom is -0.490 e. The third-order valence-electron chi connectivity index (χ3n) is 3.04. The summed E-state index contributed by atoms with van der Waals surface area (Å²) in [6.07, 6.45) is 0. The van der Waals surface area contributed by atoms with E-state index in [0.29, 0.717) is 22.6 Å². The van der Waals surface area contributed by atoms with Crippen LogP contribution >= 0.6 is 0 Å². The van der Waals surface area contributed by atoms with Crippen LogP contribution in [0.2, 0.25) is 0 Å². The average Bonchev–Trinajstić information content (AvgIpc) is 2.58. The molecule has 0 heterocycles. The Morgan fingerprint density at radius 1 is 0.957 bits per heavy atom. The van der Waals surface area contributed by atoms with E-state index in [0.717, 1.165) is 0 Å². The molecule has 2 N–H and O–H groups in total. The number of nitrogens with two attached hydrogens (primary N) is 1. The van der Waals surface area contributed by atoms with Crippen molar-refractivity contribution in [2.45, 2.75) is 0 Å². The maximum Gasteiger partial charge on any atom is 0.337 e. The predicted molar refractivity (Wildman–Crippen MR) is 83.7 cm³/mol. The number of hydrogen-bond donors (Lipinski definition) is 1. The first-order valence-corrected chi connectivity index (χ1v) is 6.94. The molecule has 0 aromatic heterocycles. The van der Waals surface area contributed by atoms with Crippen LogP contribution in [-0.2, 0) is 4.74 Å². The Balaban J connectivity index is 1.84. The highest BCUT2D eigenvalue weighted by Crippen LogP contribution is 2.17. The van der Waals surface area contributed by atoms with Crippen LogP contribution in [0.5, 0.6) is 11.5 Å². The molecule has 6 nitrogen and oxygen atoms in total. The molecule has 6 heteroatoms. The molecule has 0 fully saturated rings. The third-order valence-corrected chi connectivity index (χ3v) is 3.04. The third kappa shape index (κ3) is 4.47. The van der Waals surface area contributed by atoms with Gasteiger partial charge >= 0.3 is 5.97 Å². The quantitative estimate of drug-likeness (QED) is 0.624. The van der Waals surface area contributed by atoms with Crippen LogP contribution in [0.15, 0.2) is 48.5 Å². The van der Waals surface area contributed by atoms with Crippen molar-refractivity contribution in [3.8, 4) is 11.5 Å². The molecule has 23 heavy (non-hydrogen) atoms. The lowest BCUT2D eigenvalue weighted by Gasteiger charge is -2.10. The fraction of sp³-hybridized carbons (Fsp3) is 0.176. The van der Waals surface area contributed by atoms with E-state index in [2.05, 4.69) is 4.74 Å². The molecule has 0 aliphatic heterocycles. The highest BCUT2D eigenvalue weighted by atomic mass is 16.5. The number of hydrogen-bond acceptors (Lipinski definition) is 5. The van der Waals surface area contributed by atoms with E-state index < -0.39 is 11.9 Å². The highest BCUT2D eigenvalue weighted by Gasteiger charge is 2.08. The molecule has 0 aliphatic carbocycles. The first-order chi connectivity index (χ1) is 11.1. The topological polar surface area (TPSA) is 87.8 Å². The van der Waals surface area contributed by atoms with Crippen molar-refractivity contribution in [3.63, 3.8) is 0 Å². The summed E-state index contributed by atoms with van der Waals surface area (Å²) >= 11 is 0. The van der Waals surface area contributed by atoms with E-state index in [-0.39, 0.29) is 13.2 Å². The van der Waals surface area contributed by atoms with Gasteiger partial charge in [-0.15, -0.1) is 0 Å². The molecular formula is C17H17NO5. The van der Waals surface area contributed by atoms with Crippen molar-refractivity contribution in [1.82, 2.24) is 0 Å². The Morgan fingerprint density at radius 2 is 1.61 bits per heavy atom. The second-order valence-electron chi connectivity index (χ2n) is 4.57. The van der Waals surface area contributed by atoms with E-state index >= 15 is 0 Å². The molecular weight excluding hydrogens is 298 g/mol. The second kappa shape index (κ2) is 7.84. The van der Waals surface area contributed by atoms with E-state index in [9.17, 15) is 9.59 Å². The number of primary amides is 1. The summed E-state index contributed by atoms with van der Waals surface area (Å²) in [7, 11) is 1.33. The number of methoxy groups -OCH3 is 1. The fourth-order valence-corrected chi connectivity index (χ4v) is 1.91. The molecule has 2 aromatic rings. The van der Waals surface area contributed by atoms with Gasteiger partial charge in [-0.05, 0) is 36.4 Å². The van der Waals surface area contributed by atoms with Crippen LogP contribution in [0.3, 0.4) is 0 Å². The zero-order valence-electron chi connectivity index (χ0n) is 12.7. The molecule has 120 valence electrons. The molecule has 2 rings (SSSR count). The van der Waals surface area contributed by atoms with Crippen LogP contribution in [0.4, 0.5) is 0 Å². The number of carbonyl (C=O) groups excluding carboxylic acids is 2. The minimum atomic E-state index is -0.542. The molecule has 0 saturated heterocycles. The number of ether oxygens (including phenoxy) is 3. The van der Waals surface area contributed by atoms with Crippen molar-refractivity contribution >= 4 is 11.9 Å². The molecule has 0 aliphatic rings.